The number of carbonyl (C=O) groups excluding carboxylic acids is 1. The van der Waals surface area contributed by atoms with Crippen molar-refractivity contribution in [2.45, 2.75) is 53.7 Å². The number of hydrogen-bond donors (Lipinski definition) is 0. The van der Waals surface area contributed by atoms with Crippen LogP contribution in [0.3, 0.4) is 0 Å². The minimum absolute atomic E-state index is 0.0796. The number of thiazole rings is 1. The number of aromatic nitrogens is 1. The van der Waals surface area contributed by atoms with Gasteiger partial charge in [-0.3, -0.25) is 19.5 Å². The zero-order valence-corrected chi connectivity index (χ0v) is 26.2. The standard InChI is InChI=1S/C31H36N4O7S/c1-8-33(9-2)23-13-12-22(35(38)39)15-21(23)17-26-29(36)34-28(20-11-14-24(42-18(4)5)25(16-20)40-7)27(30(37)41-10-3)19(6)32-31(34)43-26/h11-18,28H,8-10H2,1-7H3. The van der Waals surface area contributed by atoms with Crippen LogP contribution in [-0.2, 0) is 9.53 Å². The largest absolute Gasteiger partial charge is 0.493 e. The number of nitro groups is 1. The second kappa shape index (κ2) is 13.2. The maximum Gasteiger partial charge on any atom is 0.338 e. The molecule has 2 aromatic carbocycles. The Hall–Kier alpha value is -4.45. The summed E-state index contributed by atoms with van der Waals surface area (Å²) in [4.78, 5) is 45.7. The van der Waals surface area contributed by atoms with Crippen LogP contribution < -0.4 is 29.3 Å². The van der Waals surface area contributed by atoms with Crippen molar-refractivity contribution >= 4 is 34.8 Å². The maximum atomic E-state index is 14.1. The maximum absolute atomic E-state index is 14.1. The minimum Gasteiger partial charge on any atom is -0.493 e. The van der Waals surface area contributed by atoms with Gasteiger partial charge in [-0.1, -0.05) is 17.4 Å². The van der Waals surface area contributed by atoms with E-state index in [0.29, 0.717) is 50.7 Å². The van der Waals surface area contributed by atoms with E-state index in [1.165, 1.54) is 23.8 Å². The lowest BCUT2D eigenvalue weighted by Gasteiger charge is -2.25. The number of non-ortho nitro benzene ring substituents is 1. The van der Waals surface area contributed by atoms with E-state index >= 15 is 0 Å². The van der Waals surface area contributed by atoms with Gasteiger partial charge in [-0.05, 0) is 71.4 Å². The Labute approximate surface area is 253 Å². The van der Waals surface area contributed by atoms with Gasteiger partial charge in [0.1, 0.15) is 0 Å². The lowest BCUT2D eigenvalue weighted by molar-refractivity contribution is -0.384. The highest BCUT2D eigenvalue weighted by Gasteiger charge is 2.34. The molecule has 228 valence electrons. The summed E-state index contributed by atoms with van der Waals surface area (Å²) < 4.78 is 18.7. The predicted octanol–water partition coefficient (Wildman–Crippen LogP) is 4.35. The van der Waals surface area contributed by atoms with Crippen LogP contribution in [0.15, 0.2) is 57.5 Å². The summed E-state index contributed by atoms with van der Waals surface area (Å²) in [6, 6.07) is 9.06. The third-order valence-corrected chi connectivity index (χ3v) is 7.98. The molecule has 2 heterocycles. The van der Waals surface area contributed by atoms with Crippen molar-refractivity contribution in [1.29, 1.82) is 0 Å². The highest BCUT2D eigenvalue weighted by atomic mass is 32.1. The summed E-state index contributed by atoms with van der Waals surface area (Å²) in [5.41, 5.74) is 2.11. The number of methoxy groups -OCH3 is 1. The Balaban J connectivity index is 1.99. The average molecular weight is 609 g/mol. The molecule has 0 radical (unpaired) electrons. The van der Waals surface area contributed by atoms with Crippen molar-refractivity contribution in [3.8, 4) is 11.5 Å². The number of hydrogen-bond acceptors (Lipinski definition) is 10. The van der Waals surface area contributed by atoms with Crippen molar-refractivity contribution in [2.24, 2.45) is 4.99 Å². The number of ether oxygens (including phenoxy) is 3. The van der Waals surface area contributed by atoms with Crippen molar-refractivity contribution < 1.29 is 23.9 Å². The molecule has 1 aliphatic rings. The van der Waals surface area contributed by atoms with Gasteiger partial charge in [0.05, 0.1) is 46.6 Å². The van der Waals surface area contributed by atoms with Crippen molar-refractivity contribution in [1.82, 2.24) is 4.57 Å². The molecule has 3 aromatic rings. The molecule has 0 aliphatic carbocycles. The number of nitrogens with zero attached hydrogens (tertiary/aromatic N) is 4. The van der Waals surface area contributed by atoms with E-state index in [1.807, 2.05) is 27.7 Å². The van der Waals surface area contributed by atoms with E-state index in [4.69, 9.17) is 14.2 Å². The van der Waals surface area contributed by atoms with Crippen LogP contribution in [0.1, 0.15) is 58.7 Å². The van der Waals surface area contributed by atoms with Gasteiger partial charge < -0.3 is 19.1 Å². The van der Waals surface area contributed by atoms with Crippen LogP contribution in [0.4, 0.5) is 11.4 Å². The third kappa shape index (κ3) is 6.34. The first-order valence-corrected chi connectivity index (χ1v) is 14.9. The van der Waals surface area contributed by atoms with Crippen LogP contribution in [-0.4, -0.2) is 48.4 Å². The predicted molar refractivity (Wildman–Crippen MR) is 166 cm³/mol. The summed E-state index contributed by atoms with van der Waals surface area (Å²) in [7, 11) is 1.53. The molecular formula is C31H36N4O7S. The Bertz CT molecular complexity index is 1750. The Kier molecular flexibility index (Phi) is 9.70. The summed E-state index contributed by atoms with van der Waals surface area (Å²) in [6.45, 7) is 12.7. The molecule has 1 atom stereocenters. The molecule has 4 rings (SSSR count). The molecule has 0 bridgehead atoms. The number of anilines is 1. The highest BCUT2D eigenvalue weighted by Crippen LogP contribution is 2.36. The van der Waals surface area contributed by atoms with E-state index in [0.717, 1.165) is 17.0 Å². The minimum atomic E-state index is -0.855. The molecule has 12 heteroatoms. The number of allylic oxidation sites excluding steroid dienone is 1. The molecule has 1 aliphatic heterocycles. The fraction of sp³-hybridized carbons (Fsp3) is 0.387. The number of esters is 1. The molecule has 1 unspecified atom stereocenters. The van der Waals surface area contributed by atoms with Crippen LogP contribution in [0.2, 0.25) is 0 Å². The second-order valence-corrected chi connectivity index (χ2v) is 11.1. The van der Waals surface area contributed by atoms with Gasteiger partial charge in [-0.15, -0.1) is 0 Å². The molecule has 0 saturated carbocycles. The summed E-state index contributed by atoms with van der Waals surface area (Å²) in [5.74, 6) is 0.403. The van der Waals surface area contributed by atoms with Gasteiger partial charge >= 0.3 is 5.97 Å². The van der Waals surface area contributed by atoms with Crippen molar-refractivity contribution in [2.75, 3.05) is 31.7 Å². The summed E-state index contributed by atoms with van der Waals surface area (Å²) in [6.07, 6.45) is 1.56. The summed E-state index contributed by atoms with van der Waals surface area (Å²) in [5, 5.41) is 11.6. The monoisotopic (exact) mass is 608 g/mol. The van der Waals surface area contributed by atoms with Crippen LogP contribution in [0, 0.1) is 10.1 Å². The molecular weight excluding hydrogens is 572 g/mol. The molecule has 0 amide bonds. The lowest BCUT2D eigenvalue weighted by atomic mass is 9.95. The van der Waals surface area contributed by atoms with Crippen molar-refractivity contribution in [3.63, 3.8) is 0 Å². The normalized spacial score (nSPS) is 14.8. The lowest BCUT2D eigenvalue weighted by Crippen LogP contribution is -2.40. The van der Waals surface area contributed by atoms with Gasteiger partial charge in [0.2, 0.25) is 0 Å². The van der Waals surface area contributed by atoms with E-state index in [2.05, 4.69) is 9.89 Å². The molecule has 0 N–H and O–H groups in total. The number of benzene rings is 2. The van der Waals surface area contributed by atoms with Crippen LogP contribution >= 0.6 is 11.3 Å². The zero-order valence-electron chi connectivity index (χ0n) is 25.4. The zero-order chi connectivity index (χ0) is 31.4. The Morgan fingerprint density at radius 1 is 1.16 bits per heavy atom. The van der Waals surface area contributed by atoms with E-state index in [-0.39, 0.29) is 29.5 Å². The molecule has 0 spiro atoms. The first-order chi connectivity index (χ1) is 20.5. The number of fused-ring (bicyclic) bond motifs is 1. The topological polar surface area (TPSA) is 126 Å². The quantitative estimate of drug-likeness (QED) is 0.179. The fourth-order valence-electron chi connectivity index (χ4n) is 5.08. The van der Waals surface area contributed by atoms with Crippen LogP contribution in [0.5, 0.6) is 11.5 Å². The second-order valence-electron chi connectivity index (χ2n) is 10.1. The molecule has 43 heavy (non-hydrogen) atoms. The molecule has 0 fully saturated rings. The summed E-state index contributed by atoms with van der Waals surface area (Å²) >= 11 is 1.16. The fourth-order valence-corrected chi connectivity index (χ4v) is 6.11. The molecule has 0 saturated heterocycles. The van der Waals surface area contributed by atoms with Gasteiger partial charge in [0, 0.05) is 36.5 Å². The van der Waals surface area contributed by atoms with Crippen molar-refractivity contribution in [3.05, 3.63) is 88.6 Å². The molecule has 11 nitrogen and oxygen atoms in total. The van der Waals surface area contributed by atoms with E-state index in [1.54, 1.807) is 44.2 Å². The number of carbonyl (C=O) groups is 1. The van der Waals surface area contributed by atoms with Gasteiger partial charge in [0.25, 0.3) is 11.2 Å². The Morgan fingerprint density at radius 3 is 2.49 bits per heavy atom. The molecule has 1 aromatic heterocycles. The van der Waals surface area contributed by atoms with Gasteiger partial charge in [-0.25, -0.2) is 9.79 Å². The highest BCUT2D eigenvalue weighted by molar-refractivity contribution is 7.07. The van der Waals surface area contributed by atoms with E-state index in [9.17, 15) is 19.7 Å². The SMILES string of the molecule is CCOC(=O)C1=C(C)N=c2sc(=Cc3cc([N+](=O)[O-])ccc3N(CC)CC)c(=O)n2C1c1ccc(OC(C)C)c(OC)c1. The number of nitro benzene ring substituents is 1. The first-order valence-electron chi connectivity index (χ1n) is 14.1. The van der Waals surface area contributed by atoms with Gasteiger partial charge in [0.15, 0.2) is 16.3 Å². The van der Waals surface area contributed by atoms with E-state index < -0.39 is 16.9 Å². The Morgan fingerprint density at radius 2 is 1.88 bits per heavy atom. The van der Waals surface area contributed by atoms with Gasteiger partial charge in [-0.2, -0.15) is 0 Å². The number of rotatable bonds is 11. The third-order valence-electron chi connectivity index (χ3n) is 7.00. The first kappa shape index (κ1) is 31.5. The van der Waals surface area contributed by atoms with Crippen LogP contribution in [0.25, 0.3) is 6.08 Å². The average Bonchev–Trinajstić information content (AvgIpc) is 3.27. The smallest absolute Gasteiger partial charge is 0.338 e.